The van der Waals surface area contributed by atoms with Crippen molar-refractivity contribution in [2.45, 2.75) is 39.4 Å². The Hall–Kier alpha value is -3.99. The number of nitrogens with zero attached hydrogens (tertiary/aromatic N) is 4. The zero-order chi connectivity index (χ0) is 27.2. The molecule has 1 aliphatic rings. The van der Waals surface area contributed by atoms with Crippen LogP contribution in [0.15, 0.2) is 53.5 Å². The smallest absolute Gasteiger partial charge is 0.416 e. The number of halogens is 3. The zero-order valence-electron chi connectivity index (χ0n) is 21.1. The first kappa shape index (κ1) is 25.7. The number of aromatic nitrogens is 3. The molecule has 38 heavy (non-hydrogen) atoms. The van der Waals surface area contributed by atoms with E-state index in [1.165, 1.54) is 13.2 Å². The van der Waals surface area contributed by atoms with Gasteiger partial charge in [-0.3, -0.25) is 14.4 Å². The molecule has 2 aromatic heterocycles. The van der Waals surface area contributed by atoms with E-state index in [4.69, 9.17) is 9.73 Å². The fraction of sp³-hybridized carbons (Fsp3) is 0.259. The number of hydrogen-bond donors (Lipinski definition) is 1. The molecule has 3 heterocycles. The lowest BCUT2D eigenvalue weighted by atomic mass is 9.99. The Labute approximate surface area is 221 Å². The lowest BCUT2D eigenvalue weighted by molar-refractivity contribution is -0.141. The summed E-state index contributed by atoms with van der Waals surface area (Å²) < 4.78 is 46.2. The van der Waals surface area contributed by atoms with Gasteiger partial charge < -0.3 is 10.1 Å². The zero-order valence-corrected chi connectivity index (χ0v) is 21.9. The molecule has 0 spiro atoms. The number of alkyl halides is 3. The average molecular weight is 540 g/mol. The SMILES string of the molecule is COC(=O)C[C@@H]1N=C(c2ccc(Nc3cccc(C(F)(F)F)c3)cc2)c2c(sc(C)c2C)-n2c(C)nnc21. The fourth-order valence-electron chi connectivity index (χ4n) is 4.42. The molecule has 1 aliphatic heterocycles. The predicted molar refractivity (Wildman–Crippen MR) is 140 cm³/mol. The van der Waals surface area contributed by atoms with Gasteiger partial charge >= 0.3 is 12.1 Å². The molecule has 0 unspecified atom stereocenters. The van der Waals surface area contributed by atoms with Crippen molar-refractivity contribution in [2.75, 3.05) is 12.4 Å². The quantitative estimate of drug-likeness (QED) is 0.294. The third kappa shape index (κ3) is 4.69. The van der Waals surface area contributed by atoms with Crippen LogP contribution < -0.4 is 5.32 Å². The van der Waals surface area contributed by atoms with Crippen LogP contribution in [-0.2, 0) is 15.7 Å². The molecular weight excluding hydrogens is 515 g/mol. The van der Waals surface area contributed by atoms with Gasteiger partial charge in [0.15, 0.2) is 5.82 Å². The number of thiophene rings is 1. The molecule has 0 saturated carbocycles. The van der Waals surface area contributed by atoms with Crippen LogP contribution in [-0.4, -0.2) is 33.6 Å². The number of aryl methyl sites for hydroxylation is 2. The van der Waals surface area contributed by atoms with Crippen LogP contribution >= 0.6 is 11.3 Å². The Morgan fingerprint density at radius 1 is 1.08 bits per heavy atom. The van der Waals surface area contributed by atoms with Crippen LogP contribution in [0, 0.1) is 20.8 Å². The largest absolute Gasteiger partial charge is 0.469 e. The molecule has 1 N–H and O–H groups in total. The first-order valence-corrected chi connectivity index (χ1v) is 12.6. The summed E-state index contributed by atoms with van der Waals surface area (Å²) in [4.78, 5) is 18.4. The van der Waals surface area contributed by atoms with Gasteiger partial charge in [0.1, 0.15) is 16.9 Å². The van der Waals surface area contributed by atoms with Crippen LogP contribution in [0.25, 0.3) is 5.00 Å². The summed E-state index contributed by atoms with van der Waals surface area (Å²) in [6.07, 6.45) is -4.42. The second kappa shape index (κ2) is 9.71. The monoisotopic (exact) mass is 539 g/mol. The third-order valence-corrected chi connectivity index (χ3v) is 7.66. The molecule has 1 atom stereocenters. The van der Waals surface area contributed by atoms with E-state index in [2.05, 4.69) is 15.5 Å². The molecule has 0 bridgehead atoms. The van der Waals surface area contributed by atoms with Crippen molar-refractivity contribution >= 4 is 34.4 Å². The number of carbonyl (C=O) groups is 1. The Balaban J connectivity index is 1.56. The molecular formula is C27H24F3N5O2S. The molecule has 196 valence electrons. The Morgan fingerprint density at radius 2 is 1.82 bits per heavy atom. The molecule has 0 aliphatic carbocycles. The van der Waals surface area contributed by atoms with E-state index in [-0.39, 0.29) is 6.42 Å². The van der Waals surface area contributed by atoms with Crippen molar-refractivity contribution in [3.63, 3.8) is 0 Å². The number of nitrogens with one attached hydrogen (secondary N) is 1. The molecule has 0 fully saturated rings. The third-order valence-electron chi connectivity index (χ3n) is 6.46. The minimum absolute atomic E-state index is 0.000287. The second-order valence-corrected chi connectivity index (χ2v) is 10.2. The summed E-state index contributed by atoms with van der Waals surface area (Å²) in [6.45, 7) is 5.93. The van der Waals surface area contributed by atoms with E-state index in [1.54, 1.807) is 29.5 Å². The minimum atomic E-state index is -4.42. The molecule has 4 aromatic rings. The summed E-state index contributed by atoms with van der Waals surface area (Å²) in [5, 5.41) is 12.6. The lowest BCUT2D eigenvalue weighted by Crippen LogP contribution is -2.12. The summed E-state index contributed by atoms with van der Waals surface area (Å²) in [5.74, 6) is 0.840. The summed E-state index contributed by atoms with van der Waals surface area (Å²) in [5.41, 5.74) is 3.73. The standard InChI is InChI=1S/C27H24F3N5O2S/c1-14-15(2)38-26-23(14)24(32-21(13-22(36)37-4)25-34-33-16(3)35(25)26)17-8-10-19(11-9-17)31-20-7-5-6-18(12-20)27(28,29)30/h5-12,21,31H,13H2,1-4H3/t21-/m0/s1. The van der Waals surface area contributed by atoms with Gasteiger partial charge in [0.2, 0.25) is 0 Å². The summed E-state index contributed by atoms with van der Waals surface area (Å²) >= 11 is 1.61. The highest BCUT2D eigenvalue weighted by Crippen LogP contribution is 2.40. The van der Waals surface area contributed by atoms with Crippen LogP contribution in [0.1, 0.15) is 51.2 Å². The van der Waals surface area contributed by atoms with Crippen molar-refractivity contribution in [1.82, 2.24) is 14.8 Å². The number of anilines is 2. The van der Waals surface area contributed by atoms with E-state index in [0.29, 0.717) is 28.7 Å². The van der Waals surface area contributed by atoms with E-state index in [1.807, 2.05) is 37.5 Å². The first-order valence-electron chi connectivity index (χ1n) is 11.8. The van der Waals surface area contributed by atoms with Gasteiger partial charge in [-0.1, -0.05) is 18.2 Å². The maximum atomic E-state index is 13.1. The molecule has 7 nitrogen and oxygen atoms in total. The van der Waals surface area contributed by atoms with Gasteiger partial charge in [-0.05, 0) is 56.7 Å². The van der Waals surface area contributed by atoms with E-state index in [0.717, 1.165) is 38.7 Å². The second-order valence-electron chi connectivity index (χ2n) is 8.96. The van der Waals surface area contributed by atoms with Crippen LogP contribution in [0.3, 0.4) is 0 Å². The fourth-order valence-corrected chi connectivity index (χ4v) is 5.63. The van der Waals surface area contributed by atoms with Gasteiger partial charge in [-0.15, -0.1) is 21.5 Å². The van der Waals surface area contributed by atoms with Gasteiger partial charge in [-0.25, -0.2) is 0 Å². The van der Waals surface area contributed by atoms with Gasteiger partial charge in [-0.2, -0.15) is 13.2 Å². The number of esters is 1. The Morgan fingerprint density at radius 3 is 2.50 bits per heavy atom. The average Bonchev–Trinajstić information content (AvgIpc) is 3.36. The number of rotatable bonds is 5. The van der Waals surface area contributed by atoms with Crippen molar-refractivity contribution in [3.8, 4) is 5.00 Å². The van der Waals surface area contributed by atoms with Crippen LogP contribution in [0.4, 0.5) is 24.5 Å². The number of benzene rings is 2. The number of carbonyl (C=O) groups excluding carboxylic acids is 1. The van der Waals surface area contributed by atoms with E-state index >= 15 is 0 Å². The molecule has 0 amide bonds. The van der Waals surface area contributed by atoms with Gasteiger partial charge in [0.05, 0.1) is 24.8 Å². The number of ether oxygens (including phenoxy) is 1. The Bertz CT molecular complexity index is 1550. The molecule has 5 rings (SSSR count). The van der Waals surface area contributed by atoms with Crippen molar-refractivity contribution in [2.24, 2.45) is 4.99 Å². The van der Waals surface area contributed by atoms with Gasteiger partial charge in [0.25, 0.3) is 0 Å². The van der Waals surface area contributed by atoms with Crippen LogP contribution in [0.2, 0.25) is 0 Å². The topological polar surface area (TPSA) is 81.4 Å². The van der Waals surface area contributed by atoms with E-state index in [9.17, 15) is 18.0 Å². The minimum Gasteiger partial charge on any atom is -0.469 e. The van der Waals surface area contributed by atoms with Crippen molar-refractivity contribution in [3.05, 3.63) is 87.3 Å². The lowest BCUT2D eigenvalue weighted by Gasteiger charge is -2.13. The molecule has 2 aromatic carbocycles. The highest BCUT2D eigenvalue weighted by atomic mass is 32.1. The first-order chi connectivity index (χ1) is 18.1. The van der Waals surface area contributed by atoms with Crippen molar-refractivity contribution in [1.29, 1.82) is 0 Å². The maximum absolute atomic E-state index is 13.1. The summed E-state index contributed by atoms with van der Waals surface area (Å²) in [7, 11) is 1.33. The van der Waals surface area contributed by atoms with Gasteiger partial charge in [0, 0.05) is 27.4 Å². The normalized spacial score (nSPS) is 14.8. The predicted octanol–water partition coefficient (Wildman–Crippen LogP) is 6.47. The molecule has 0 saturated heterocycles. The Kier molecular flexibility index (Phi) is 6.56. The maximum Gasteiger partial charge on any atom is 0.416 e. The van der Waals surface area contributed by atoms with Crippen LogP contribution in [0.5, 0.6) is 0 Å². The molecule has 11 heteroatoms. The number of methoxy groups -OCH3 is 1. The molecule has 0 radical (unpaired) electrons. The number of aliphatic imine (C=N–C) groups is 1. The number of hydrogen-bond acceptors (Lipinski definition) is 7. The highest BCUT2D eigenvalue weighted by Gasteiger charge is 2.33. The van der Waals surface area contributed by atoms with E-state index < -0.39 is 23.8 Å². The van der Waals surface area contributed by atoms with Crippen molar-refractivity contribution < 1.29 is 22.7 Å². The summed E-state index contributed by atoms with van der Waals surface area (Å²) in [6, 6.07) is 11.7. The highest BCUT2D eigenvalue weighted by molar-refractivity contribution is 7.15. The number of fused-ring (bicyclic) bond motifs is 3.